The van der Waals surface area contributed by atoms with E-state index in [1.807, 2.05) is 6.07 Å². The molecule has 0 aromatic heterocycles. The number of methoxy groups -OCH3 is 2. The molecule has 102 valence electrons. The third-order valence-electron chi connectivity index (χ3n) is 2.60. The van der Waals surface area contributed by atoms with E-state index in [1.54, 1.807) is 20.3 Å². The summed E-state index contributed by atoms with van der Waals surface area (Å²) in [4.78, 5) is 0. The molecular formula is C14H22ClNO2. The van der Waals surface area contributed by atoms with Crippen LogP contribution in [0.25, 0.3) is 0 Å². The largest absolute Gasteiger partial charge is 0.496 e. The van der Waals surface area contributed by atoms with Crippen molar-refractivity contribution in [3.8, 4) is 11.5 Å². The van der Waals surface area contributed by atoms with Crippen LogP contribution in [0.3, 0.4) is 0 Å². The van der Waals surface area contributed by atoms with Crippen molar-refractivity contribution in [2.24, 2.45) is 0 Å². The van der Waals surface area contributed by atoms with Crippen molar-refractivity contribution in [3.05, 3.63) is 22.7 Å². The molecule has 0 atom stereocenters. The first-order chi connectivity index (χ1) is 8.37. The van der Waals surface area contributed by atoms with E-state index in [-0.39, 0.29) is 5.54 Å². The summed E-state index contributed by atoms with van der Waals surface area (Å²) >= 11 is 6.07. The maximum Gasteiger partial charge on any atom is 0.137 e. The van der Waals surface area contributed by atoms with Crippen LogP contribution in [0.5, 0.6) is 11.5 Å². The van der Waals surface area contributed by atoms with Crippen LogP contribution in [-0.4, -0.2) is 26.3 Å². The second-order valence-corrected chi connectivity index (χ2v) is 5.63. The standard InChI is InChI=1S/C14H22ClNO2/c1-14(2,3)16-7-6-10-8-13(18-5)11(15)9-12(10)17-4/h8-9,16H,6-7H2,1-5H3. The molecule has 18 heavy (non-hydrogen) atoms. The molecule has 0 spiro atoms. The molecule has 0 heterocycles. The Hall–Kier alpha value is -0.930. The van der Waals surface area contributed by atoms with Crippen LogP contribution in [0.15, 0.2) is 12.1 Å². The van der Waals surface area contributed by atoms with E-state index in [0.717, 1.165) is 24.3 Å². The van der Waals surface area contributed by atoms with Crippen LogP contribution in [0.2, 0.25) is 5.02 Å². The molecule has 0 saturated carbocycles. The minimum absolute atomic E-state index is 0.115. The zero-order chi connectivity index (χ0) is 13.8. The number of hydrogen-bond donors (Lipinski definition) is 1. The molecule has 0 fully saturated rings. The van der Waals surface area contributed by atoms with Crippen molar-refractivity contribution in [2.75, 3.05) is 20.8 Å². The van der Waals surface area contributed by atoms with Crippen molar-refractivity contribution in [3.63, 3.8) is 0 Å². The summed E-state index contributed by atoms with van der Waals surface area (Å²) in [7, 11) is 3.27. The van der Waals surface area contributed by atoms with Gasteiger partial charge in [-0.2, -0.15) is 0 Å². The van der Waals surface area contributed by atoms with Gasteiger partial charge in [-0.25, -0.2) is 0 Å². The summed E-state index contributed by atoms with van der Waals surface area (Å²) in [5.74, 6) is 1.49. The molecule has 1 aromatic rings. The van der Waals surface area contributed by atoms with Gasteiger partial charge >= 0.3 is 0 Å². The SMILES string of the molecule is COc1cc(CCNC(C)(C)C)c(OC)cc1Cl. The fourth-order valence-electron chi connectivity index (χ4n) is 1.69. The monoisotopic (exact) mass is 271 g/mol. The number of rotatable bonds is 5. The molecule has 0 bridgehead atoms. The lowest BCUT2D eigenvalue weighted by Gasteiger charge is -2.21. The van der Waals surface area contributed by atoms with E-state index in [2.05, 4.69) is 26.1 Å². The number of halogens is 1. The molecule has 1 rings (SSSR count). The van der Waals surface area contributed by atoms with E-state index in [0.29, 0.717) is 10.8 Å². The molecule has 0 saturated heterocycles. The molecule has 4 heteroatoms. The molecule has 0 radical (unpaired) electrons. The van der Waals surface area contributed by atoms with Gasteiger partial charge in [-0.1, -0.05) is 11.6 Å². The van der Waals surface area contributed by atoms with Gasteiger partial charge in [0.05, 0.1) is 19.2 Å². The van der Waals surface area contributed by atoms with Crippen LogP contribution in [0.4, 0.5) is 0 Å². The normalized spacial score (nSPS) is 11.4. The first-order valence-corrected chi connectivity index (χ1v) is 6.40. The molecule has 0 unspecified atom stereocenters. The Bertz CT molecular complexity index is 400. The highest BCUT2D eigenvalue weighted by atomic mass is 35.5. The summed E-state index contributed by atoms with van der Waals surface area (Å²) < 4.78 is 10.6. The first kappa shape index (κ1) is 15.1. The lowest BCUT2D eigenvalue weighted by Crippen LogP contribution is -2.37. The highest BCUT2D eigenvalue weighted by Gasteiger charge is 2.12. The number of benzene rings is 1. The Labute approximate surface area is 114 Å². The van der Waals surface area contributed by atoms with Crippen molar-refractivity contribution in [1.82, 2.24) is 5.32 Å². The topological polar surface area (TPSA) is 30.5 Å². The van der Waals surface area contributed by atoms with Gasteiger partial charge in [0, 0.05) is 11.6 Å². The molecule has 0 aliphatic heterocycles. The maximum absolute atomic E-state index is 6.07. The Morgan fingerprint density at radius 2 is 1.72 bits per heavy atom. The Kier molecular flexibility index (Phi) is 5.29. The Morgan fingerprint density at radius 1 is 1.11 bits per heavy atom. The number of hydrogen-bond acceptors (Lipinski definition) is 3. The summed E-state index contributed by atoms with van der Waals surface area (Å²) in [5, 5.41) is 4.02. The maximum atomic E-state index is 6.07. The van der Waals surface area contributed by atoms with E-state index in [4.69, 9.17) is 21.1 Å². The van der Waals surface area contributed by atoms with Crippen molar-refractivity contribution >= 4 is 11.6 Å². The summed E-state index contributed by atoms with van der Waals surface area (Å²) in [6.45, 7) is 7.32. The third-order valence-corrected chi connectivity index (χ3v) is 2.90. The second-order valence-electron chi connectivity index (χ2n) is 5.23. The highest BCUT2D eigenvalue weighted by Crippen LogP contribution is 2.32. The molecule has 3 nitrogen and oxygen atoms in total. The molecule has 1 N–H and O–H groups in total. The van der Waals surface area contributed by atoms with Crippen molar-refractivity contribution in [1.29, 1.82) is 0 Å². The third kappa shape index (κ3) is 4.39. The minimum Gasteiger partial charge on any atom is -0.496 e. The minimum atomic E-state index is 0.115. The average molecular weight is 272 g/mol. The molecule has 0 aliphatic carbocycles. The Morgan fingerprint density at radius 3 is 2.22 bits per heavy atom. The summed E-state index contributed by atoms with van der Waals surface area (Å²) in [5.41, 5.74) is 1.21. The van der Waals surface area contributed by atoms with Crippen LogP contribution in [-0.2, 0) is 6.42 Å². The molecule has 0 aliphatic rings. The number of nitrogens with one attached hydrogen (secondary N) is 1. The summed E-state index contributed by atoms with van der Waals surface area (Å²) in [6, 6.07) is 3.73. The van der Waals surface area contributed by atoms with Gasteiger partial charge in [-0.05, 0) is 45.4 Å². The zero-order valence-corrected chi connectivity index (χ0v) is 12.5. The van der Waals surface area contributed by atoms with Crippen LogP contribution in [0.1, 0.15) is 26.3 Å². The lowest BCUT2D eigenvalue weighted by molar-refractivity contribution is 0.394. The van der Waals surface area contributed by atoms with Gasteiger partial charge < -0.3 is 14.8 Å². The lowest BCUT2D eigenvalue weighted by atomic mass is 10.1. The van der Waals surface area contributed by atoms with Crippen LogP contribution >= 0.6 is 11.6 Å². The van der Waals surface area contributed by atoms with Gasteiger partial charge in [0.25, 0.3) is 0 Å². The van der Waals surface area contributed by atoms with E-state index >= 15 is 0 Å². The molecule has 1 aromatic carbocycles. The van der Waals surface area contributed by atoms with Gasteiger partial charge in [0.1, 0.15) is 11.5 Å². The van der Waals surface area contributed by atoms with Crippen LogP contribution in [0, 0.1) is 0 Å². The van der Waals surface area contributed by atoms with E-state index in [1.165, 1.54) is 0 Å². The van der Waals surface area contributed by atoms with Gasteiger partial charge in [0.15, 0.2) is 0 Å². The quantitative estimate of drug-likeness (QED) is 0.891. The Balaban J connectivity index is 2.80. The van der Waals surface area contributed by atoms with Crippen LogP contribution < -0.4 is 14.8 Å². The first-order valence-electron chi connectivity index (χ1n) is 6.03. The predicted molar refractivity (Wildman–Crippen MR) is 76.0 cm³/mol. The fourth-order valence-corrected chi connectivity index (χ4v) is 1.92. The second kappa shape index (κ2) is 6.30. The van der Waals surface area contributed by atoms with Gasteiger partial charge in [-0.15, -0.1) is 0 Å². The van der Waals surface area contributed by atoms with Gasteiger partial charge in [0.2, 0.25) is 0 Å². The van der Waals surface area contributed by atoms with Crippen molar-refractivity contribution in [2.45, 2.75) is 32.7 Å². The van der Waals surface area contributed by atoms with E-state index < -0.39 is 0 Å². The predicted octanol–water partition coefficient (Wildman–Crippen LogP) is 3.29. The van der Waals surface area contributed by atoms with E-state index in [9.17, 15) is 0 Å². The fraction of sp³-hybridized carbons (Fsp3) is 0.571. The average Bonchev–Trinajstić information content (AvgIpc) is 2.28. The smallest absolute Gasteiger partial charge is 0.137 e. The zero-order valence-electron chi connectivity index (χ0n) is 11.8. The van der Waals surface area contributed by atoms with Gasteiger partial charge in [-0.3, -0.25) is 0 Å². The highest BCUT2D eigenvalue weighted by molar-refractivity contribution is 6.32. The van der Waals surface area contributed by atoms with Crippen molar-refractivity contribution < 1.29 is 9.47 Å². The molecular weight excluding hydrogens is 250 g/mol. The number of ether oxygens (including phenoxy) is 2. The summed E-state index contributed by atoms with van der Waals surface area (Å²) in [6.07, 6.45) is 0.869. The molecule has 0 amide bonds.